The van der Waals surface area contributed by atoms with Crippen LogP contribution in [0, 0.1) is 21.4 Å². The van der Waals surface area contributed by atoms with Crippen molar-refractivity contribution in [1.82, 2.24) is 4.90 Å². The number of hydrogen-bond acceptors (Lipinski definition) is 5. The predicted octanol–water partition coefficient (Wildman–Crippen LogP) is 2.00. The number of nitrogens with zero attached hydrogens (tertiary/aromatic N) is 4. The molecule has 0 aromatic heterocycles. The second kappa shape index (κ2) is 5.88. The minimum absolute atomic E-state index is 0.102. The maximum atomic E-state index is 11.0. The second-order valence-electron chi connectivity index (χ2n) is 5.23. The molecule has 1 aliphatic heterocycles. The van der Waals surface area contributed by atoms with E-state index in [-0.39, 0.29) is 11.3 Å². The Morgan fingerprint density at radius 1 is 1.60 bits per heavy atom. The molecule has 1 heterocycles. The van der Waals surface area contributed by atoms with Gasteiger partial charge in [0.05, 0.1) is 4.92 Å². The third kappa shape index (κ3) is 2.89. The van der Waals surface area contributed by atoms with Crippen LogP contribution in [0.15, 0.2) is 18.2 Å². The number of rotatable bonds is 4. The van der Waals surface area contributed by atoms with E-state index in [2.05, 4.69) is 11.9 Å². The zero-order chi connectivity index (χ0) is 14.7. The molecule has 20 heavy (non-hydrogen) atoms. The summed E-state index contributed by atoms with van der Waals surface area (Å²) in [6, 6.07) is 7.10. The molecule has 6 nitrogen and oxygen atoms in total. The first kappa shape index (κ1) is 14.3. The van der Waals surface area contributed by atoms with E-state index in [0.717, 1.165) is 25.2 Å². The summed E-state index contributed by atoms with van der Waals surface area (Å²) in [7, 11) is 4.03. The standard InChI is InChI=1S/C14H18N4O2/c1-16-7-3-4-13(16)10-17(2)12-6-5-11(9-15)14(8-12)18(19)20/h5-6,8,13H,3-4,7,10H2,1-2H3. The quantitative estimate of drug-likeness (QED) is 0.620. The first-order chi connectivity index (χ1) is 9.52. The minimum atomic E-state index is -0.502. The van der Waals surface area contributed by atoms with E-state index in [0.29, 0.717) is 6.04 Å². The molecule has 1 unspecified atom stereocenters. The number of likely N-dealkylation sites (tertiary alicyclic amines) is 1. The second-order valence-corrected chi connectivity index (χ2v) is 5.23. The Kier molecular flexibility index (Phi) is 4.20. The molecule has 0 N–H and O–H groups in total. The fourth-order valence-corrected chi connectivity index (χ4v) is 2.63. The molecule has 0 bridgehead atoms. The Morgan fingerprint density at radius 3 is 2.90 bits per heavy atom. The van der Waals surface area contributed by atoms with Gasteiger partial charge >= 0.3 is 0 Å². The SMILES string of the molecule is CN(CC1CCCN1C)c1ccc(C#N)c([N+](=O)[O-])c1. The number of nitro groups is 1. The highest BCUT2D eigenvalue weighted by Crippen LogP contribution is 2.26. The molecule has 0 saturated carbocycles. The van der Waals surface area contributed by atoms with Gasteiger partial charge in [-0.2, -0.15) is 5.26 Å². The average molecular weight is 274 g/mol. The van der Waals surface area contributed by atoms with E-state index in [1.165, 1.54) is 18.6 Å². The van der Waals surface area contributed by atoms with E-state index >= 15 is 0 Å². The highest BCUT2D eigenvalue weighted by molar-refractivity contribution is 5.60. The molecule has 0 amide bonds. The van der Waals surface area contributed by atoms with Crippen molar-refractivity contribution in [2.45, 2.75) is 18.9 Å². The van der Waals surface area contributed by atoms with Crippen molar-refractivity contribution in [2.24, 2.45) is 0 Å². The maximum absolute atomic E-state index is 11.0. The molecular formula is C14H18N4O2. The molecule has 0 radical (unpaired) electrons. The summed E-state index contributed by atoms with van der Waals surface area (Å²) >= 11 is 0. The van der Waals surface area contributed by atoms with Gasteiger partial charge in [-0.15, -0.1) is 0 Å². The van der Waals surface area contributed by atoms with Crippen LogP contribution in [0.3, 0.4) is 0 Å². The zero-order valence-corrected chi connectivity index (χ0v) is 11.7. The summed E-state index contributed by atoms with van der Waals surface area (Å²) in [6.07, 6.45) is 2.35. The molecule has 0 aliphatic carbocycles. The van der Waals surface area contributed by atoms with Crippen LogP contribution in [-0.4, -0.2) is 43.0 Å². The van der Waals surface area contributed by atoms with Crippen molar-refractivity contribution in [3.8, 4) is 6.07 Å². The van der Waals surface area contributed by atoms with E-state index in [4.69, 9.17) is 5.26 Å². The van der Waals surface area contributed by atoms with Gasteiger partial charge in [-0.25, -0.2) is 0 Å². The lowest BCUT2D eigenvalue weighted by Crippen LogP contribution is -2.36. The number of nitriles is 1. The van der Waals surface area contributed by atoms with Crippen LogP contribution >= 0.6 is 0 Å². The van der Waals surface area contributed by atoms with Crippen LogP contribution < -0.4 is 4.90 Å². The van der Waals surface area contributed by atoms with Crippen molar-refractivity contribution in [3.63, 3.8) is 0 Å². The molecular weight excluding hydrogens is 256 g/mol. The van der Waals surface area contributed by atoms with Gasteiger partial charge in [0.25, 0.3) is 5.69 Å². The van der Waals surface area contributed by atoms with E-state index in [9.17, 15) is 10.1 Å². The molecule has 2 rings (SSSR count). The summed E-state index contributed by atoms with van der Waals surface area (Å²) in [5.41, 5.74) is 0.748. The van der Waals surface area contributed by atoms with Crippen molar-refractivity contribution in [1.29, 1.82) is 5.26 Å². The van der Waals surface area contributed by atoms with Gasteiger partial charge in [-0.1, -0.05) is 0 Å². The van der Waals surface area contributed by atoms with Crippen LogP contribution in [-0.2, 0) is 0 Å². The van der Waals surface area contributed by atoms with Gasteiger partial charge in [-0.3, -0.25) is 10.1 Å². The van der Waals surface area contributed by atoms with Gasteiger partial charge in [0.2, 0.25) is 0 Å². The van der Waals surface area contributed by atoms with Gasteiger partial charge in [-0.05, 0) is 38.6 Å². The lowest BCUT2D eigenvalue weighted by Gasteiger charge is -2.27. The lowest BCUT2D eigenvalue weighted by molar-refractivity contribution is -0.385. The smallest absolute Gasteiger partial charge is 0.289 e. The Labute approximate surface area is 118 Å². The van der Waals surface area contributed by atoms with Crippen molar-refractivity contribution in [3.05, 3.63) is 33.9 Å². The minimum Gasteiger partial charge on any atom is -0.373 e. The van der Waals surface area contributed by atoms with E-state index in [1.54, 1.807) is 6.07 Å². The molecule has 1 aromatic carbocycles. The Hall–Kier alpha value is -2.13. The maximum Gasteiger partial charge on any atom is 0.289 e. The molecule has 1 fully saturated rings. The van der Waals surface area contributed by atoms with E-state index < -0.39 is 4.92 Å². The van der Waals surface area contributed by atoms with Crippen molar-refractivity contribution >= 4 is 11.4 Å². The van der Waals surface area contributed by atoms with Crippen LogP contribution in [0.4, 0.5) is 11.4 Å². The van der Waals surface area contributed by atoms with Crippen LogP contribution in [0.2, 0.25) is 0 Å². The molecule has 1 aliphatic rings. The van der Waals surface area contributed by atoms with Crippen molar-refractivity contribution in [2.75, 3.05) is 32.1 Å². The fourth-order valence-electron chi connectivity index (χ4n) is 2.63. The fraction of sp³-hybridized carbons (Fsp3) is 0.500. The highest BCUT2D eigenvalue weighted by Gasteiger charge is 2.23. The van der Waals surface area contributed by atoms with Gasteiger partial charge in [0.15, 0.2) is 0 Å². The van der Waals surface area contributed by atoms with E-state index in [1.807, 2.05) is 18.0 Å². The summed E-state index contributed by atoms with van der Waals surface area (Å²) in [5, 5.41) is 19.9. The summed E-state index contributed by atoms with van der Waals surface area (Å²) < 4.78 is 0. The lowest BCUT2D eigenvalue weighted by atomic mass is 10.1. The van der Waals surface area contributed by atoms with Gasteiger partial charge in [0.1, 0.15) is 11.6 Å². The Bertz CT molecular complexity index is 553. The summed E-state index contributed by atoms with van der Waals surface area (Å²) in [4.78, 5) is 14.8. The number of benzene rings is 1. The number of likely N-dealkylation sites (N-methyl/N-ethyl adjacent to an activating group) is 2. The average Bonchev–Trinajstić information content (AvgIpc) is 2.83. The first-order valence-corrected chi connectivity index (χ1v) is 6.63. The van der Waals surface area contributed by atoms with Gasteiger partial charge < -0.3 is 9.80 Å². The highest BCUT2D eigenvalue weighted by atomic mass is 16.6. The Balaban J connectivity index is 2.18. The monoisotopic (exact) mass is 274 g/mol. The van der Waals surface area contributed by atoms with Crippen LogP contribution in [0.25, 0.3) is 0 Å². The predicted molar refractivity (Wildman–Crippen MR) is 76.7 cm³/mol. The number of anilines is 1. The third-order valence-electron chi connectivity index (χ3n) is 3.90. The molecule has 106 valence electrons. The molecule has 1 aromatic rings. The first-order valence-electron chi connectivity index (χ1n) is 6.63. The zero-order valence-electron chi connectivity index (χ0n) is 11.7. The number of nitro benzene ring substituents is 1. The number of hydrogen-bond donors (Lipinski definition) is 0. The van der Waals surface area contributed by atoms with Crippen LogP contribution in [0.1, 0.15) is 18.4 Å². The molecule has 1 atom stereocenters. The summed E-state index contributed by atoms with van der Waals surface area (Å²) in [6.45, 7) is 1.94. The van der Waals surface area contributed by atoms with Crippen LogP contribution in [0.5, 0.6) is 0 Å². The van der Waals surface area contributed by atoms with Crippen molar-refractivity contribution < 1.29 is 4.92 Å². The molecule has 6 heteroatoms. The molecule has 1 saturated heterocycles. The summed E-state index contributed by atoms with van der Waals surface area (Å²) in [5.74, 6) is 0. The largest absolute Gasteiger partial charge is 0.373 e. The normalized spacial score (nSPS) is 18.8. The Morgan fingerprint density at radius 2 is 2.35 bits per heavy atom. The topological polar surface area (TPSA) is 73.4 Å². The third-order valence-corrected chi connectivity index (χ3v) is 3.90. The molecule has 0 spiro atoms. The van der Waals surface area contributed by atoms with Gasteiger partial charge in [0, 0.05) is 31.4 Å².